The summed E-state index contributed by atoms with van der Waals surface area (Å²) >= 11 is 0. The predicted molar refractivity (Wildman–Crippen MR) is 142 cm³/mol. The number of ether oxygens (including phenoxy) is 2. The Kier molecular flexibility index (Phi) is 11.2. The van der Waals surface area contributed by atoms with Gasteiger partial charge in [-0.1, -0.05) is 24.3 Å². The van der Waals surface area contributed by atoms with Gasteiger partial charge in [0.2, 0.25) is 0 Å². The number of hydrogen-bond donors (Lipinski definition) is 2. The second kappa shape index (κ2) is 13.1. The molecule has 2 N–H and O–H groups in total. The predicted octanol–water partition coefficient (Wildman–Crippen LogP) is 2.69. The van der Waals surface area contributed by atoms with Gasteiger partial charge in [-0.3, -0.25) is 14.8 Å². The van der Waals surface area contributed by atoms with Crippen molar-refractivity contribution >= 4 is 29.9 Å². The van der Waals surface area contributed by atoms with Crippen molar-refractivity contribution in [3.8, 4) is 0 Å². The van der Waals surface area contributed by atoms with Crippen LogP contribution in [0.4, 0.5) is 0 Å². The smallest absolute Gasteiger partial charge is 0.191 e. The zero-order chi connectivity index (χ0) is 22.3. The first-order chi connectivity index (χ1) is 14.9. The first-order valence-electron chi connectivity index (χ1n) is 11.6. The summed E-state index contributed by atoms with van der Waals surface area (Å²) in [6.45, 7) is 17.0. The molecule has 0 saturated carbocycles. The molecule has 2 fully saturated rings. The van der Waals surface area contributed by atoms with Crippen molar-refractivity contribution in [1.29, 1.82) is 0 Å². The van der Waals surface area contributed by atoms with Crippen LogP contribution in [-0.2, 0) is 22.6 Å². The van der Waals surface area contributed by atoms with Crippen LogP contribution in [0.25, 0.3) is 0 Å². The molecule has 2 atom stereocenters. The maximum absolute atomic E-state index is 5.84. The van der Waals surface area contributed by atoms with Gasteiger partial charge in [0.05, 0.1) is 25.4 Å². The quantitative estimate of drug-likeness (QED) is 0.305. The summed E-state index contributed by atoms with van der Waals surface area (Å²) in [5.41, 5.74) is 2.65. The van der Waals surface area contributed by atoms with Gasteiger partial charge in [-0.2, -0.15) is 0 Å². The molecular weight excluding hydrogens is 517 g/mol. The second-order valence-corrected chi connectivity index (χ2v) is 9.46. The van der Waals surface area contributed by atoms with E-state index in [-0.39, 0.29) is 29.5 Å². The molecule has 0 aromatic heterocycles. The standard InChI is InChI=1S/C24H41N5O2.HI/c1-19-15-28(16-20(2)31-19)17-22-8-6-21(7-9-22)14-26-23(25-5)27-18-24(3,4)29-10-12-30-13-11-29;/h6-9,19-20H,10-18H2,1-5H3,(H2,25,26,27);1H. The van der Waals surface area contributed by atoms with E-state index in [1.807, 2.05) is 7.05 Å². The highest BCUT2D eigenvalue weighted by Crippen LogP contribution is 2.16. The van der Waals surface area contributed by atoms with Gasteiger partial charge >= 0.3 is 0 Å². The second-order valence-electron chi connectivity index (χ2n) is 9.46. The van der Waals surface area contributed by atoms with Gasteiger partial charge in [0, 0.05) is 58.4 Å². The molecule has 182 valence electrons. The number of guanidine groups is 1. The number of hydrogen-bond acceptors (Lipinski definition) is 5. The van der Waals surface area contributed by atoms with Crippen molar-refractivity contribution in [2.75, 3.05) is 53.0 Å². The Morgan fingerprint density at radius 1 is 1.03 bits per heavy atom. The molecule has 0 aliphatic carbocycles. The molecule has 2 heterocycles. The molecular formula is C24H42IN5O2. The summed E-state index contributed by atoms with van der Waals surface area (Å²) < 4.78 is 11.3. The number of morpholine rings is 2. The van der Waals surface area contributed by atoms with Crippen molar-refractivity contribution in [2.45, 2.75) is 58.5 Å². The molecule has 32 heavy (non-hydrogen) atoms. The summed E-state index contributed by atoms with van der Waals surface area (Å²) in [6.07, 6.45) is 0.611. The van der Waals surface area contributed by atoms with Crippen LogP contribution < -0.4 is 10.6 Å². The van der Waals surface area contributed by atoms with Crippen LogP contribution >= 0.6 is 24.0 Å². The van der Waals surface area contributed by atoms with Gasteiger partial charge in [-0.15, -0.1) is 24.0 Å². The monoisotopic (exact) mass is 559 g/mol. The molecule has 0 bridgehead atoms. The van der Waals surface area contributed by atoms with E-state index >= 15 is 0 Å². The molecule has 7 nitrogen and oxygen atoms in total. The number of halogens is 1. The summed E-state index contributed by atoms with van der Waals surface area (Å²) in [5.74, 6) is 0.835. The fourth-order valence-electron chi connectivity index (χ4n) is 4.42. The Bertz CT molecular complexity index is 697. The third-order valence-electron chi connectivity index (χ3n) is 6.16. The van der Waals surface area contributed by atoms with Crippen molar-refractivity contribution < 1.29 is 9.47 Å². The van der Waals surface area contributed by atoms with E-state index in [0.29, 0.717) is 12.2 Å². The Hall–Kier alpha value is -0.940. The third-order valence-corrected chi connectivity index (χ3v) is 6.16. The van der Waals surface area contributed by atoms with Crippen LogP contribution in [0, 0.1) is 0 Å². The highest BCUT2D eigenvalue weighted by molar-refractivity contribution is 14.0. The Balaban J connectivity index is 0.00000363. The Morgan fingerprint density at radius 2 is 1.62 bits per heavy atom. The average Bonchev–Trinajstić information content (AvgIpc) is 2.75. The average molecular weight is 560 g/mol. The van der Waals surface area contributed by atoms with E-state index in [9.17, 15) is 0 Å². The van der Waals surface area contributed by atoms with Gasteiger partial charge in [0.1, 0.15) is 0 Å². The minimum Gasteiger partial charge on any atom is -0.379 e. The minimum atomic E-state index is 0. The fourth-order valence-corrected chi connectivity index (χ4v) is 4.42. The lowest BCUT2D eigenvalue weighted by molar-refractivity contribution is -0.0704. The van der Waals surface area contributed by atoms with E-state index in [1.54, 1.807) is 0 Å². The fraction of sp³-hybridized carbons (Fsp3) is 0.708. The zero-order valence-electron chi connectivity index (χ0n) is 20.4. The van der Waals surface area contributed by atoms with Gasteiger partial charge < -0.3 is 20.1 Å². The molecule has 2 aliphatic heterocycles. The van der Waals surface area contributed by atoms with Gasteiger partial charge in [0.15, 0.2) is 5.96 Å². The third kappa shape index (κ3) is 8.44. The first-order valence-corrected chi connectivity index (χ1v) is 11.6. The maximum Gasteiger partial charge on any atom is 0.191 e. The topological polar surface area (TPSA) is 61.4 Å². The lowest BCUT2D eigenvalue weighted by Crippen LogP contribution is -2.56. The summed E-state index contributed by atoms with van der Waals surface area (Å²) in [7, 11) is 1.82. The van der Waals surface area contributed by atoms with Gasteiger partial charge in [0.25, 0.3) is 0 Å². The molecule has 2 unspecified atom stereocenters. The van der Waals surface area contributed by atoms with Crippen LogP contribution in [-0.4, -0.2) is 86.5 Å². The van der Waals surface area contributed by atoms with E-state index in [1.165, 1.54) is 11.1 Å². The summed E-state index contributed by atoms with van der Waals surface area (Å²) in [6, 6.07) is 8.89. The van der Waals surface area contributed by atoms with E-state index in [2.05, 4.69) is 77.4 Å². The van der Waals surface area contributed by atoms with Crippen LogP contribution in [0.15, 0.2) is 29.3 Å². The van der Waals surface area contributed by atoms with Crippen molar-refractivity contribution in [1.82, 2.24) is 20.4 Å². The van der Waals surface area contributed by atoms with E-state index in [4.69, 9.17) is 9.47 Å². The Labute approximate surface area is 211 Å². The molecule has 0 radical (unpaired) electrons. The SMILES string of the molecule is CN=C(NCc1ccc(CN2CC(C)OC(C)C2)cc1)NCC(C)(C)N1CCOCC1.I. The Morgan fingerprint density at radius 3 is 2.22 bits per heavy atom. The van der Waals surface area contributed by atoms with E-state index in [0.717, 1.165) is 65.0 Å². The zero-order valence-corrected chi connectivity index (χ0v) is 22.7. The molecule has 2 saturated heterocycles. The summed E-state index contributed by atoms with van der Waals surface area (Å²) in [4.78, 5) is 9.35. The first kappa shape index (κ1) is 27.3. The lowest BCUT2D eigenvalue weighted by atomic mass is 10.0. The van der Waals surface area contributed by atoms with E-state index < -0.39 is 0 Å². The molecule has 1 aromatic carbocycles. The normalized spacial score (nSPS) is 23.5. The van der Waals surface area contributed by atoms with Crippen molar-refractivity contribution in [3.05, 3.63) is 35.4 Å². The van der Waals surface area contributed by atoms with Crippen LogP contribution in [0.3, 0.4) is 0 Å². The number of nitrogens with zero attached hydrogens (tertiary/aromatic N) is 3. The number of aliphatic imine (C=N–C) groups is 1. The highest BCUT2D eigenvalue weighted by atomic mass is 127. The molecule has 0 spiro atoms. The van der Waals surface area contributed by atoms with Crippen molar-refractivity contribution in [2.24, 2.45) is 4.99 Å². The van der Waals surface area contributed by atoms with Gasteiger partial charge in [-0.05, 0) is 38.8 Å². The minimum absolute atomic E-state index is 0. The van der Waals surface area contributed by atoms with Crippen LogP contribution in [0.5, 0.6) is 0 Å². The maximum atomic E-state index is 5.84. The molecule has 0 amide bonds. The number of nitrogens with one attached hydrogen (secondary N) is 2. The van der Waals surface area contributed by atoms with Crippen LogP contribution in [0.1, 0.15) is 38.8 Å². The molecule has 1 aromatic rings. The molecule has 2 aliphatic rings. The molecule has 3 rings (SSSR count). The van der Waals surface area contributed by atoms with Gasteiger partial charge in [-0.25, -0.2) is 0 Å². The molecule has 8 heteroatoms. The number of rotatable bonds is 7. The number of benzene rings is 1. The summed E-state index contributed by atoms with van der Waals surface area (Å²) in [5, 5.41) is 6.93. The van der Waals surface area contributed by atoms with Crippen LogP contribution in [0.2, 0.25) is 0 Å². The largest absolute Gasteiger partial charge is 0.379 e. The van der Waals surface area contributed by atoms with Crippen molar-refractivity contribution in [3.63, 3.8) is 0 Å². The highest BCUT2D eigenvalue weighted by Gasteiger charge is 2.28. The lowest BCUT2D eigenvalue weighted by Gasteiger charge is -2.41.